The smallest absolute Gasteiger partial charge is 0.273 e. The minimum Gasteiger partial charge on any atom is -0.362 e. The van der Waals surface area contributed by atoms with Gasteiger partial charge in [-0.25, -0.2) is 4.98 Å². The van der Waals surface area contributed by atoms with E-state index >= 15 is 0 Å². The van der Waals surface area contributed by atoms with Gasteiger partial charge in [0.05, 0.1) is 5.52 Å². The number of carbonyl (C=O) groups is 1. The summed E-state index contributed by atoms with van der Waals surface area (Å²) < 4.78 is 4.96. The molecule has 0 spiro atoms. The second-order valence-corrected chi connectivity index (χ2v) is 8.18. The molecule has 2 heterocycles. The average molecular weight is 409 g/mol. The summed E-state index contributed by atoms with van der Waals surface area (Å²) in [6.45, 7) is 2.44. The predicted molar refractivity (Wildman–Crippen MR) is 117 cm³/mol. The van der Waals surface area contributed by atoms with Crippen LogP contribution in [0.1, 0.15) is 41.9 Å². The van der Waals surface area contributed by atoms with Gasteiger partial charge in [0.2, 0.25) is 5.95 Å². The van der Waals surface area contributed by atoms with Crippen molar-refractivity contribution in [1.82, 2.24) is 20.4 Å². The van der Waals surface area contributed by atoms with E-state index in [1.807, 2.05) is 43.3 Å². The number of rotatable bonds is 6. The number of aryl methyl sites for hydroxylation is 1. The van der Waals surface area contributed by atoms with E-state index in [2.05, 4.69) is 15.8 Å². The van der Waals surface area contributed by atoms with Crippen LogP contribution in [-0.2, 0) is 0 Å². The molecule has 1 saturated carbocycles. The highest BCUT2D eigenvalue weighted by Gasteiger charge is 2.23. The highest BCUT2D eigenvalue weighted by molar-refractivity contribution is 5.92. The van der Waals surface area contributed by atoms with Crippen LogP contribution in [0.3, 0.4) is 0 Å². The molecule has 2 N–H and O–H groups in total. The Labute approximate surface area is 176 Å². The fourth-order valence-electron chi connectivity index (χ4n) is 3.96. The molecule has 1 aromatic carbocycles. The number of hydrogen-bond donors (Lipinski definition) is 2. The molecule has 2 aromatic heterocycles. The van der Waals surface area contributed by atoms with Gasteiger partial charge in [-0.1, -0.05) is 17.3 Å². The molecule has 0 saturated heterocycles. The molecular formula is C22H28N6O2. The molecule has 0 aliphatic heterocycles. The normalized spacial score (nSPS) is 18.9. The summed E-state index contributed by atoms with van der Waals surface area (Å²) in [5.41, 5.74) is 1.28. The van der Waals surface area contributed by atoms with Crippen LogP contribution in [0.15, 0.2) is 34.9 Å². The van der Waals surface area contributed by atoms with Crippen LogP contribution in [0.4, 0.5) is 11.8 Å². The second kappa shape index (κ2) is 8.69. The molecule has 1 aliphatic rings. The quantitative estimate of drug-likeness (QED) is 0.645. The first kappa shape index (κ1) is 20.1. The molecule has 8 nitrogen and oxygen atoms in total. The van der Waals surface area contributed by atoms with Gasteiger partial charge >= 0.3 is 0 Å². The summed E-state index contributed by atoms with van der Waals surface area (Å²) >= 11 is 0. The number of fused-ring (bicyclic) bond motifs is 1. The molecule has 1 fully saturated rings. The van der Waals surface area contributed by atoms with Crippen molar-refractivity contribution in [3.63, 3.8) is 0 Å². The molecule has 0 atom stereocenters. The second-order valence-electron chi connectivity index (χ2n) is 8.18. The van der Waals surface area contributed by atoms with E-state index in [0.29, 0.717) is 35.9 Å². The maximum absolute atomic E-state index is 12.1. The minimum atomic E-state index is -0.173. The maximum atomic E-state index is 12.1. The number of nitrogens with zero attached hydrogens (tertiary/aromatic N) is 4. The third-order valence-electron chi connectivity index (χ3n) is 5.60. The summed E-state index contributed by atoms with van der Waals surface area (Å²) in [5.74, 6) is 2.53. The lowest BCUT2D eigenvalue weighted by molar-refractivity contribution is 0.0934. The zero-order valence-corrected chi connectivity index (χ0v) is 17.7. The molecule has 4 rings (SSSR count). The first-order valence-electron chi connectivity index (χ1n) is 10.4. The minimum absolute atomic E-state index is 0.173. The number of amides is 1. The van der Waals surface area contributed by atoms with Crippen molar-refractivity contribution in [2.75, 3.05) is 30.9 Å². The summed E-state index contributed by atoms with van der Waals surface area (Å²) in [7, 11) is 4.00. The van der Waals surface area contributed by atoms with Gasteiger partial charge < -0.3 is 20.1 Å². The van der Waals surface area contributed by atoms with E-state index in [9.17, 15) is 4.79 Å². The number of aromatic nitrogens is 3. The number of anilines is 2. The van der Waals surface area contributed by atoms with Crippen LogP contribution in [0.2, 0.25) is 0 Å². The fraction of sp³-hybridized carbons (Fsp3) is 0.455. The molecule has 3 aromatic rings. The molecule has 158 valence electrons. The van der Waals surface area contributed by atoms with Crippen LogP contribution in [0.25, 0.3) is 10.9 Å². The molecule has 0 radical (unpaired) electrons. The van der Waals surface area contributed by atoms with Crippen LogP contribution in [-0.4, -0.2) is 47.7 Å². The molecule has 0 unspecified atom stereocenters. The van der Waals surface area contributed by atoms with E-state index in [4.69, 9.17) is 14.5 Å². The Morgan fingerprint density at radius 2 is 1.93 bits per heavy atom. The zero-order valence-electron chi connectivity index (χ0n) is 17.7. The molecule has 1 aliphatic carbocycles. The van der Waals surface area contributed by atoms with Crippen molar-refractivity contribution in [2.45, 2.75) is 38.6 Å². The van der Waals surface area contributed by atoms with Gasteiger partial charge in [0, 0.05) is 38.1 Å². The SMILES string of the molecule is Cc1cc(C(=O)NC[C@H]2CC[C@@H](Nc3nc(N(C)C)c4ccccc4n3)CC2)no1. The Bertz CT molecular complexity index is 1020. The Hall–Kier alpha value is -3.16. The molecule has 1 amide bonds. The van der Waals surface area contributed by atoms with Gasteiger partial charge in [-0.05, 0) is 50.7 Å². The molecule has 8 heteroatoms. The summed E-state index contributed by atoms with van der Waals surface area (Å²) in [5, 5.41) is 11.3. The first-order valence-corrected chi connectivity index (χ1v) is 10.4. The zero-order chi connectivity index (χ0) is 21.1. The van der Waals surface area contributed by atoms with E-state index in [1.165, 1.54) is 0 Å². The number of benzene rings is 1. The number of carbonyl (C=O) groups excluding carboxylic acids is 1. The summed E-state index contributed by atoms with van der Waals surface area (Å²) in [6, 6.07) is 10.1. The highest BCUT2D eigenvalue weighted by atomic mass is 16.5. The van der Waals surface area contributed by atoms with Crippen molar-refractivity contribution in [3.05, 3.63) is 41.8 Å². The lowest BCUT2D eigenvalue weighted by atomic mass is 9.86. The maximum Gasteiger partial charge on any atom is 0.273 e. The molecular weight excluding hydrogens is 380 g/mol. The lowest BCUT2D eigenvalue weighted by Crippen LogP contribution is -2.34. The van der Waals surface area contributed by atoms with Crippen molar-refractivity contribution in [3.8, 4) is 0 Å². The monoisotopic (exact) mass is 408 g/mol. The Morgan fingerprint density at radius 3 is 2.63 bits per heavy atom. The van der Waals surface area contributed by atoms with Gasteiger partial charge in [-0.3, -0.25) is 4.79 Å². The molecule has 0 bridgehead atoms. The third kappa shape index (κ3) is 4.53. The molecule has 30 heavy (non-hydrogen) atoms. The summed E-state index contributed by atoms with van der Waals surface area (Å²) in [4.78, 5) is 23.6. The number of hydrogen-bond acceptors (Lipinski definition) is 7. The van der Waals surface area contributed by atoms with Crippen LogP contribution in [0.5, 0.6) is 0 Å². The highest BCUT2D eigenvalue weighted by Crippen LogP contribution is 2.28. The van der Waals surface area contributed by atoms with E-state index in [1.54, 1.807) is 13.0 Å². The van der Waals surface area contributed by atoms with Gasteiger partial charge in [0.25, 0.3) is 5.91 Å². The van der Waals surface area contributed by atoms with Crippen LogP contribution in [0, 0.1) is 12.8 Å². The topological polar surface area (TPSA) is 96.2 Å². The van der Waals surface area contributed by atoms with Crippen molar-refractivity contribution in [1.29, 1.82) is 0 Å². The van der Waals surface area contributed by atoms with E-state index < -0.39 is 0 Å². The Morgan fingerprint density at radius 1 is 1.17 bits per heavy atom. The third-order valence-corrected chi connectivity index (χ3v) is 5.60. The van der Waals surface area contributed by atoms with Gasteiger partial charge in [-0.15, -0.1) is 0 Å². The lowest BCUT2D eigenvalue weighted by Gasteiger charge is -2.29. The Balaban J connectivity index is 1.32. The van der Waals surface area contributed by atoms with E-state index in [-0.39, 0.29) is 5.91 Å². The number of nitrogens with one attached hydrogen (secondary N) is 2. The van der Waals surface area contributed by atoms with Crippen molar-refractivity contribution < 1.29 is 9.32 Å². The average Bonchev–Trinajstić information content (AvgIpc) is 3.19. The van der Waals surface area contributed by atoms with Crippen molar-refractivity contribution >= 4 is 28.6 Å². The Kier molecular flexibility index (Phi) is 5.83. The van der Waals surface area contributed by atoms with E-state index in [0.717, 1.165) is 42.4 Å². The van der Waals surface area contributed by atoms with Crippen LogP contribution < -0.4 is 15.5 Å². The number of para-hydroxylation sites is 1. The fourth-order valence-corrected chi connectivity index (χ4v) is 3.96. The van der Waals surface area contributed by atoms with Crippen molar-refractivity contribution in [2.24, 2.45) is 5.92 Å². The first-order chi connectivity index (χ1) is 14.5. The standard InChI is InChI=1S/C22H28N6O2/c1-14-12-19(27-30-14)21(29)23-13-15-8-10-16(11-9-15)24-22-25-18-7-5-4-6-17(18)20(26-22)28(2)3/h4-7,12,15-16H,8-11,13H2,1-3H3,(H,23,29)(H,24,25,26)/t15-,16+. The largest absolute Gasteiger partial charge is 0.362 e. The summed E-state index contributed by atoms with van der Waals surface area (Å²) in [6.07, 6.45) is 4.14. The van der Waals surface area contributed by atoms with Gasteiger partial charge in [0.1, 0.15) is 11.6 Å². The van der Waals surface area contributed by atoms with Gasteiger partial charge in [-0.2, -0.15) is 4.98 Å². The van der Waals surface area contributed by atoms with Crippen LogP contribution >= 0.6 is 0 Å². The van der Waals surface area contributed by atoms with Gasteiger partial charge in [0.15, 0.2) is 5.69 Å². The predicted octanol–water partition coefficient (Wildman–Crippen LogP) is 3.39.